The van der Waals surface area contributed by atoms with E-state index in [1.807, 2.05) is 0 Å². The zero-order valence-electron chi connectivity index (χ0n) is 11.1. The van der Waals surface area contributed by atoms with Crippen LogP contribution < -0.4 is 10.1 Å². The molecule has 0 saturated heterocycles. The smallest absolute Gasteiger partial charge is 0.387 e. The number of anilines is 1. The lowest BCUT2D eigenvalue weighted by molar-refractivity contribution is -0.0498. The van der Waals surface area contributed by atoms with Gasteiger partial charge < -0.3 is 10.1 Å². The first-order valence-electron chi connectivity index (χ1n) is 5.87. The number of rotatable bonds is 5. The van der Waals surface area contributed by atoms with Crippen LogP contribution in [0.25, 0.3) is 0 Å². The van der Waals surface area contributed by atoms with Crippen LogP contribution in [0.4, 0.5) is 14.5 Å². The molecule has 0 aliphatic carbocycles. The van der Waals surface area contributed by atoms with Crippen molar-refractivity contribution in [1.29, 1.82) is 0 Å². The molecule has 19 heavy (non-hydrogen) atoms. The first kappa shape index (κ1) is 16.5. The molecule has 108 valence electrons. The van der Waals surface area contributed by atoms with Crippen molar-refractivity contribution in [1.82, 2.24) is 0 Å². The molecule has 0 amide bonds. The van der Waals surface area contributed by atoms with E-state index in [-0.39, 0.29) is 11.2 Å². The van der Waals surface area contributed by atoms with E-state index in [2.05, 4.69) is 46.8 Å². The highest BCUT2D eigenvalue weighted by atomic mass is 79.9. The van der Waals surface area contributed by atoms with Gasteiger partial charge in [0.25, 0.3) is 0 Å². The number of nitrogens with one attached hydrogen (secondary N) is 1. The molecule has 0 radical (unpaired) electrons. The largest absolute Gasteiger partial charge is 0.431 e. The fourth-order valence-corrected chi connectivity index (χ4v) is 2.38. The third-order valence-corrected chi connectivity index (χ3v) is 3.21. The first-order chi connectivity index (χ1) is 8.69. The van der Waals surface area contributed by atoms with Gasteiger partial charge in [-0.3, -0.25) is 0 Å². The molecule has 0 unspecified atom stereocenters. The Labute approximate surface area is 125 Å². The highest BCUT2D eigenvalue weighted by Crippen LogP contribution is 2.37. The molecular weight excluding hydrogens is 340 g/mol. The lowest BCUT2D eigenvalue weighted by Crippen LogP contribution is -2.14. The topological polar surface area (TPSA) is 21.3 Å². The van der Waals surface area contributed by atoms with Crippen molar-refractivity contribution in [2.45, 2.75) is 33.8 Å². The molecular formula is C13H17BrClF2NO. The Balaban J connectivity index is 2.85. The van der Waals surface area contributed by atoms with E-state index in [0.717, 1.165) is 6.42 Å². The van der Waals surface area contributed by atoms with E-state index in [1.165, 1.54) is 6.07 Å². The molecule has 0 saturated carbocycles. The quantitative estimate of drug-likeness (QED) is 0.746. The van der Waals surface area contributed by atoms with Crippen LogP contribution in [0.15, 0.2) is 16.6 Å². The van der Waals surface area contributed by atoms with Crippen LogP contribution in [0.2, 0.25) is 5.02 Å². The molecule has 1 rings (SSSR count). The van der Waals surface area contributed by atoms with E-state index in [9.17, 15) is 8.78 Å². The highest BCUT2D eigenvalue weighted by molar-refractivity contribution is 9.10. The van der Waals surface area contributed by atoms with E-state index in [1.54, 1.807) is 6.07 Å². The molecule has 0 atom stereocenters. The lowest BCUT2D eigenvalue weighted by atomic mass is 9.92. The molecule has 0 spiro atoms. The summed E-state index contributed by atoms with van der Waals surface area (Å²) in [5.74, 6) is 0.0771. The van der Waals surface area contributed by atoms with Gasteiger partial charge in [-0.05, 0) is 39.9 Å². The van der Waals surface area contributed by atoms with Crippen LogP contribution in [0.1, 0.15) is 27.2 Å². The van der Waals surface area contributed by atoms with Crippen molar-refractivity contribution >= 4 is 33.2 Å². The fourth-order valence-electron chi connectivity index (χ4n) is 1.47. The van der Waals surface area contributed by atoms with Gasteiger partial charge in [-0.15, -0.1) is 0 Å². The minimum atomic E-state index is -2.87. The summed E-state index contributed by atoms with van der Waals surface area (Å²) in [6.45, 7) is 4.11. The second-order valence-electron chi connectivity index (χ2n) is 5.38. The minimum Gasteiger partial charge on any atom is -0.431 e. The molecule has 6 heteroatoms. The van der Waals surface area contributed by atoms with Crippen LogP contribution in [-0.4, -0.2) is 13.2 Å². The van der Waals surface area contributed by atoms with Crippen molar-refractivity contribution in [3.05, 3.63) is 21.6 Å². The Kier molecular flexibility index (Phi) is 5.86. The maximum atomic E-state index is 12.4. The summed E-state index contributed by atoms with van der Waals surface area (Å²) in [6.07, 6.45) is 0.894. The van der Waals surface area contributed by atoms with Crippen LogP contribution in [0.3, 0.4) is 0 Å². The zero-order valence-corrected chi connectivity index (χ0v) is 13.4. The van der Waals surface area contributed by atoms with E-state index < -0.39 is 6.61 Å². The number of alkyl halides is 2. The van der Waals surface area contributed by atoms with E-state index >= 15 is 0 Å². The molecule has 1 N–H and O–H groups in total. The van der Waals surface area contributed by atoms with Gasteiger partial charge in [0.05, 0.1) is 10.2 Å². The molecule has 2 nitrogen and oxygen atoms in total. The van der Waals surface area contributed by atoms with Crippen molar-refractivity contribution in [2.24, 2.45) is 5.41 Å². The Morgan fingerprint density at radius 3 is 2.53 bits per heavy atom. The average molecular weight is 357 g/mol. The van der Waals surface area contributed by atoms with Crippen LogP contribution in [-0.2, 0) is 0 Å². The number of benzene rings is 1. The zero-order chi connectivity index (χ0) is 14.6. The number of hydrogen-bond donors (Lipinski definition) is 1. The van der Waals surface area contributed by atoms with Crippen molar-refractivity contribution in [2.75, 3.05) is 11.9 Å². The molecule has 1 aromatic carbocycles. The fraction of sp³-hybridized carbons (Fsp3) is 0.538. The standard InChI is InChI=1S/C13H17BrClF2NO/c1-13(2,3)4-5-18-10-7-8(15)6-9(14)11(10)19-12(16)17/h6-7,12,18H,4-5H2,1-3H3. The van der Waals surface area contributed by atoms with Gasteiger partial charge in [0.1, 0.15) is 0 Å². The number of hydrogen-bond acceptors (Lipinski definition) is 2. The normalized spacial score (nSPS) is 11.8. The number of ether oxygens (including phenoxy) is 1. The Morgan fingerprint density at radius 2 is 2.00 bits per heavy atom. The summed E-state index contributed by atoms with van der Waals surface area (Å²) in [4.78, 5) is 0. The average Bonchev–Trinajstić information content (AvgIpc) is 2.20. The van der Waals surface area contributed by atoms with Crippen LogP contribution >= 0.6 is 27.5 Å². The predicted octanol–water partition coefficient (Wildman–Crippen LogP) is 5.55. The summed E-state index contributed by atoms with van der Waals surface area (Å²) >= 11 is 9.09. The van der Waals surface area contributed by atoms with E-state index in [0.29, 0.717) is 21.7 Å². The maximum absolute atomic E-state index is 12.4. The molecule has 0 fully saturated rings. The minimum absolute atomic E-state index is 0.0771. The molecule has 0 aromatic heterocycles. The third kappa shape index (κ3) is 5.95. The molecule has 0 bridgehead atoms. The Morgan fingerprint density at radius 1 is 1.37 bits per heavy atom. The third-order valence-electron chi connectivity index (χ3n) is 2.41. The maximum Gasteiger partial charge on any atom is 0.387 e. The second kappa shape index (κ2) is 6.75. The Hall–Kier alpha value is -0.550. The lowest BCUT2D eigenvalue weighted by Gasteiger charge is -2.20. The summed E-state index contributed by atoms with van der Waals surface area (Å²) in [5, 5.41) is 3.53. The van der Waals surface area contributed by atoms with Crippen molar-refractivity contribution in [3.8, 4) is 5.75 Å². The Bertz CT molecular complexity index is 435. The molecule has 0 heterocycles. The van der Waals surface area contributed by atoms with Crippen molar-refractivity contribution < 1.29 is 13.5 Å². The van der Waals surface area contributed by atoms with Gasteiger partial charge in [-0.25, -0.2) is 0 Å². The van der Waals surface area contributed by atoms with Gasteiger partial charge in [0.2, 0.25) is 0 Å². The highest BCUT2D eigenvalue weighted by Gasteiger charge is 2.16. The van der Waals surface area contributed by atoms with Gasteiger partial charge in [0, 0.05) is 11.6 Å². The molecule has 0 aliphatic heterocycles. The van der Waals surface area contributed by atoms with Gasteiger partial charge in [-0.2, -0.15) is 8.78 Å². The number of halogens is 4. The SMILES string of the molecule is CC(C)(C)CCNc1cc(Cl)cc(Br)c1OC(F)F. The monoisotopic (exact) mass is 355 g/mol. The predicted molar refractivity (Wildman–Crippen MR) is 78.3 cm³/mol. The molecule has 1 aromatic rings. The summed E-state index contributed by atoms with van der Waals surface area (Å²) in [5.41, 5.74) is 0.621. The van der Waals surface area contributed by atoms with Crippen molar-refractivity contribution in [3.63, 3.8) is 0 Å². The summed E-state index contributed by atoms with van der Waals surface area (Å²) in [6, 6.07) is 3.10. The summed E-state index contributed by atoms with van der Waals surface area (Å²) in [7, 11) is 0. The summed E-state index contributed by atoms with van der Waals surface area (Å²) < 4.78 is 29.7. The second-order valence-corrected chi connectivity index (χ2v) is 6.67. The van der Waals surface area contributed by atoms with Gasteiger partial charge >= 0.3 is 6.61 Å². The first-order valence-corrected chi connectivity index (χ1v) is 7.04. The molecule has 0 aliphatic rings. The van der Waals surface area contributed by atoms with E-state index in [4.69, 9.17) is 11.6 Å². The van der Waals surface area contributed by atoms with Crippen LogP contribution in [0.5, 0.6) is 5.75 Å². The van der Waals surface area contributed by atoms with Gasteiger partial charge in [0.15, 0.2) is 5.75 Å². The van der Waals surface area contributed by atoms with Crippen LogP contribution in [0, 0.1) is 5.41 Å². The van der Waals surface area contributed by atoms with Gasteiger partial charge in [-0.1, -0.05) is 32.4 Å².